The molecule has 2 N–H and O–H groups in total. The number of halogens is 4. The maximum Gasteiger partial charge on any atom is 0.471 e. The van der Waals surface area contributed by atoms with Crippen LogP contribution in [0.1, 0.15) is 37.4 Å². The second kappa shape index (κ2) is 9.83. The molecule has 0 bridgehead atoms. The van der Waals surface area contributed by atoms with Crippen molar-refractivity contribution in [2.45, 2.75) is 39.1 Å². The first kappa shape index (κ1) is 26.4. The van der Waals surface area contributed by atoms with E-state index in [4.69, 9.17) is 9.47 Å². The van der Waals surface area contributed by atoms with Gasteiger partial charge in [-0.1, -0.05) is 50.2 Å². The highest BCUT2D eigenvalue weighted by molar-refractivity contribution is 6.02. The van der Waals surface area contributed by atoms with Gasteiger partial charge in [0, 0.05) is 17.0 Å². The summed E-state index contributed by atoms with van der Waals surface area (Å²) in [7, 11) is 0. The molecule has 1 atom stereocenters. The highest BCUT2D eigenvalue weighted by atomic mass is 19.4. The van der Waals surface area contributed by atoms with Gasteiger partial charge in [0.1, 0.15) is 41.4 Å². The number of fused-ring (bicyclic) bond motifs is 1. The maximum atomic E-state index is 15.7. The number of rotatable bonds is 4. The fourth-order valence-corrected chi connectivity index (χ4v) is 4.79. The van der Waals surface area contributed by atoms with Crippen LogP contribution in [-0.2, 0) is 16.1 Å². The Labute approximate surface area is 222 Å². The molecule has 2 aliphatic rings. The van der Waals surface area contributed by atoms with Gasteiger partial charge < -0.3 is 19.9 Å². The Morgan fingerprint density at radius 1 is 1.13 bits per heavy atom. The number of carbonyl (C=O) groups is 1. The normalized spacial score (nSPS) is 18.3. The zero-order valence-electron chi connectivity index (χ0n) is 21.2. The largest absolute Gasteiger partial charge is 0.506 e. The highest BCUT2D eigenvalue weighted by Crippen LogP contribution is 2.50. The van der Waals surface area contributed by atoms with Crippen LogP contribution >= 0.6 is 0 Å². The van der Waals surface area contributed by atoms with Crippen LogP contribution in [0.15, 0.2) is 78.2 Å². The molecule has 3 aromatic carbocycles. The summed E-state index contributed by atoms with van der Waals surface area (Å²) in [6.07, 6.45) is -4.98. The minimum atomic E-state index is -5.30. The molecule has 1 unspecified atom stereocenters. The van der Waals surface area contributed by atoms with Gasteiger partial charge in [0.15, 0.2) is 0 Å². The number of phenols is 1. The molecule has 0 saturated carbocycles. The van der Waals surface area contributed by atoms with Crippen LogP contribution in [0.5, 0.6) is 11.5 Å². The van der Waals surface area contributed by atoms with E-state index in [0.29, 0.717) is 17.0 Å². The fraction of sp³-hybridized carbons (Fsp3) is 0.276. The molecular formula is C29H26F4N2O4. The minimum absolute atomic E-state index is 0.0284. The van der Waals surface area contributed by atoms with Crippen molar-refractivity contribution in [3.63, 3.8) is 0 Å². The van der Waals surface area contributed by atoms with Crippen LogP contribution in [0.2, 0.25) is 0 Å². The van der Waals surface area contributed by atoms with Gasteiger partial charge in [-0.25, -0.2) is 4.39 Å². The van der Waals surface area contributed by atoms with Crippen molar-refractivity contribution in [1.82, 2.24) is 0 Å². The van der Waals surface area contributed by atoms with Crippen LogP contribution in [0.25, 0.3) is 0 Å². The molecule has 204 valence electrons. The number of amides is 1. The second-order valence-corrected chi connectivity index (χ2v) is 10.3. The molecule has 39 heavy (non-hydrogen) atoms. The summed E-state index contributed by atoms with van der Waals surface area (Å²) in [6.45, 7) is 4.09. The molecule has 2 heterocycles. The molecule has 0 radical (unpaired) electrons. The molecule has 0 aromatic heterocycles. The Balaban J connectivity index is 1.64. The summed E-state index contributed by atoms with van der Waals surface area (Å²) < 4.78 is 69.3. The molecule has 10 heteroatoms. The van der Waals surface area contributed by atoms with E-state index in [1.54, 1.807) is 0 Å². The number of para-hydroxylation sites is 1. The van der Waals surface area contributed by atoms with Gasteiger partial charge in [-0.2, -0.15) is 13.2 Å². The number of nitrogens with zero attached hydrogens (tertiary/aromatic N) is 1. The number of ether oxygens (including phenoxy) is 2. The zero-order chi connectivity index (χ0) is 27.9. The SMILES string of the molecule is CC1(C)COC2=C(C1)Nc1c(O)cccc1N(C(=O)C(F)(F)F)C2c1ccc(OCc2ccccc2)cc1F. The molecule has 0 saturated heterocycles. The number of hydrogen-bond donors (Lipinski definition) is 2. The summed E-state index contributed by atoms with van der Waals surface area (Å²) in [5.74, 6) is -3.34. The van der Waals surface area contributed by atoms with Crippen LogP contribution in [0.3, 0.4) is 0 Å². The van der Waals surface area contributed by atoms with Crippen molar-refractivity contribution < 1.29 is 36.9 Å². The molecule has 6 nitrogen and oxygen atoms in total. The molecule has 5 rings (SSSR count). The highest BCUT2D eigenvalue weighted by Gasteiger charge is 2.50. The number of phenolic OH excluding ortho intramolecular Hbond substituents is 1. The average Bonchev–Trinajstić information content (AvgIpc) is 3.01. The van der Waals surface area contributed by atoms with Gasteiger partial charge in [-0.3, -0.25) is 9.69 Å². The number of allylic oxidation sites excluding steroid dienone is 1. The van der Waals surface area contributed by atoms with Crippen molar-refractivity contribution in [3.05, 3.63) is 95.1 Å². The lowest BCUT2D eigenvalue weighted by Gasteiger charge is -2.38. The average molecular weight is 543 g/mol. The van der Waals surface area contributed by atoms with E-state index >= 15 is 4.39 Å². The van der Waals surface area contributed by atoms with E-state index in [1.165, 1.54) is 30.3 Å². The fourth-order valence-electron chi connectivity index (χ4n) is 4.79. The van der Waals surface area contributed by atoms with Crippen molar-refractivity contribution in [1.29, 1.82) is 0 Å². The van der Waals surface area contributed by atoms with Crippen LogP contribution < -0.4 is 15.0 Å². The van der Waals surface area contributed by atoms with Gasteiger partial charge in [0.2, 0.25) is 0 Å². The van der Waals surface area contributed by atoms with Crippen molar-refractivity contribution >= 4 is 17.3 Å². The van der Waals surface area contributed by atoms with Gasteiger partial charge in [-0.15, -0.1) is 0 Å². The monoisotopic (exact) mass is 542 g/mol. The molecule has 0 fully saturated rings. The predicted molar refractivity (Wildman–Crippen MR) is 137 cm³/mol. The van der Waals surface area contributed by atoms with Crippen molar-refractivity contribution in [3.8, 4) is 11.5 Å². The first-order chi connectivity index (χ1) is 18.4. The molecule has 2 aliphatic heterocycles. The zero-order valence-corrected chi connectivity index (χ0v) is 21.2. The number of carbonyl (C=O) groups excluding carboxylic acids is 1. The van der Waals surface area contributed by atoms with E-state index in [2.05, 4.69) is 5.32 Å². The van der Waals surface area contributed by atoms with Gasteiger partial charge in [-0.05, 0) is 36.2 Å². The summed E-state index contributed by atoms with van der Waals surface area (Å²) >= 11 is 0. The van der Waals surface area contributed by atoms with E-state index < -0.39 is 29.4 Å². The first-order valence-electron chi connectivity index (χ1n) is 12.3. The standard InChI is InChI=1S/C29H26F4N2O4/c1-28(2)14-21-26(39-16-28)25(19-12-11-18(13-20(19)30)38-15-17-7-4-3-5-8-17)35(27(37)29(31,32)33)22-9-6-10-23(36)24(22)34-21/h3-13,25,34,36H,14-16H2,1-2H3. The van der Waals surface area contributed by atoms with Gasteiger partial charge in [0.25, 0.3) is 0 Å². The summed E-state index contributed by atoms with van der Waals surface area (Å²) in [4.78, 5) is 13.4. The molecular weight excluding hydrogens is 516 g/mol. The third-order valence-corrected chi connectivity index (χ3v) is 6.61. The Morgan fingerprint density at radius 3 is 2.56 bits per heavy atom. The number of anilines is 2. The van der Waals surface area contributed by atoms with Gasteiger partial charge in [0.05, 0.1) is 18.0 Å². The van der Waals surface area contributed by atoms with E-state index in [9.17, 15) is 23.1 Å². The Hall–Kier alpha value is -4.21. The number of aromatic hydroxyl groups is 1. The number of alkyl halides is 3. The summed E-state index contributed by atoms with van der Waals surface area (Å²) in [6, 6.07) is 15.3. The molecule has 3 aromatic rings. The van der Waals surface area contributed by atoms with Gasteiger partial charge >= 0.3 is 12.1 Å². The smallest absolute Gasteiger partial charge is 0.471 e. The van der Waals surface area contributed by atoms with E-state index in [0.717, 1.165) is 11.6 Å². The summed E-state index contributed by atoms with van der Waals surface area (Å²) in [5.41, 5.74) is 0.197. The number of nitrogens with one attached hydrogen (secondary N) is 1. The van der Waals surface area contributed by atoms with Crippen molar-refractivity contribution in [2.24, 2.45) is 5.41 Å². The lowest BCUT2D eigenvalue weighted by Crippen LogP contribution is -2.45. The lowest BCUT2D eigenvalue weighted by molar-refractivity contribution is -0.171. The number of benzene rings is 3. The summed E-state index contributed by atoms with van der Waals surface area (Å²) in [5, 5.41) is 13.6. The van der Waals surface area contributed by atoms with Crippen molar-refractivity contribution in [2.75, 3.05) is 16.8 Å². The Morgan fingerprint density at radius 2 is 1.87 bits per heavy atom. The topological polar surface area (TPSA) is 71.0 Å². The Kier molecular flexibility index (Phi) is 6.65. The predicted octanol–water partition coefficient (Wildman–Crippen LogP) is 6.83. The van der Waals surface area contributed by atoms with Crippen LogP contribution in [-0.4, -0.2) is 23.8 Å². The quantitative estimate of drug-likeness (QED) is 0.279. The Bertz CT molecular complexity index is 1440. The second-order valence-electron chi connectivity index (χ2n) is 10.3. The third kappa shape index (κ3) is 5.23. The van der Waals surface area contributed by atoms with E-state index in [1.807, 2.05) is 44.2 Å². The molecule has 1 amide bonds. The lowest BCUT2D eigenvalue weighted by atomic mass is 9.85. The van der Waals surface area contributed by atoms with Crippen LogP contribution in [0.4, 0.5) is 28.9 Å². The molecule has 0 spiro atoms. The van der Waals surface area contributed by atoms with Crippen LogP contribution in [0, 0.1) is 11.2 Å². The number of hydrogen-bond acceptors (Lipinski definition) is 5. The first-order valence-corrected chi connectivity index (χ1v) is 12.3. The van der Waals surface area contributed by atoms with E-state index in [-0.39, 0.29) is 47.4 Å². The molecule has 0 aliphatic carbocycles. The minimum Gasteiger partial charge on any atom is -0.506 e. The third-order valence-electron chi connectivity index (χ3n) is 6.61. The maximum absolute atomic E-state index is 15.7.